The molecular weight excluding hydrogens is 398 g/mol. The number of nitrogens with one attached hydrogen (secondary N) is 1. The molecule has 2 aromatic heterocycles. The second-order valence-corrected chi connectivity index (χ2v) is 7.80. The van der Waals surface area contributed by atoms with Crippen LogP contribution in [-0.4, -0.2) is 21.4 Å². The highest BCUT2D eigenvalue weighted by Gasteiger charge is 2.17. The Kier molecular flexibility index (Phi) is 5.58. The molecule has 152 valence electrons. The number of hydrogen-bond acceptors (Lipinski definition) is 6. The zero-order valence-corrected chi connectivity index (χ0v) is 17.7. The fraction of sp³-hybridized carbons (Fsp3) is 0.182. The maximum atomic E-state index is 12.9. The van der Waals surface area contributed by atoms with E-state index < -0.39 is 0 Å². The molecule has 0 amide bonds. The lowest BCUT2D eigenvalue weighted by molar-refractivity contribution is 0.340. The predicted molar refractivity (Wildman–Crippen MR) is 119 cm³/mol. The van der Waals surface area contributed by atoms with E-state index in [4.69, 9.17) is 4.74 Å². The minimum atomic E-state index is -0.282. The standard InChI is InChI=1S/C22H21N5O2S/c1-4-29-18-12-10-17(11-13-18)24-25-19-14(2)26-27(21(19)28)22-23-20(15(3)30-22)16-8-6-5-7-9-16/h5-13,26H,4H2,1-3H3. The number of hydrogen-bond donors (Lipinski definition) is 1. The van der Waals surface area contributed by atoms with Crippen LogP contribution in [0.15, 0.2) is 69.6 Å². The van der Waals surface area contributed by atoms with Gasteiger partial charge in [0.15, 0.2) is 5.69 Å². The SMILES string of the molecule is CCOc1ccc(N=Nc2c(C)[nH]n(-c3nc(-c4ccccc4)c(C)s3)c2=O)cc1. The molecule has 0 fully saturated rings. The van der Waals surface area contributed by atoms with E-state index in [1.807, 2.05) is 56.3 Å². The highest BCUT2D eigenvalue weighted by molar-refractivity contribution is 7.14. The maximum Gasteiger partial charge on any atom is 0.301 e. The van der Waals surface area contributed by atoms with Gasteiger partial charge in [-0.05, 0) is 45.0 Å². The lowest BCUT2D eigenvalue weighted by atomic mass is 10.1. The van der Waals surface area contributed by atoms with Gasteiger partial charge >= 0.3 is 5.56 Å². The molecule has 1 N–H and O–H groups in total. The lowest BCUT2D eigenvalue weighted by Gasteiger charge is -2.01. The van der Waals surface area contributed by atoms with Crippen molar-refractivity contribution < 1.29 is 4.74 Å². The van der Waals surface area contributed by atoms with E-state index in [0.29, 0.717) is 23.1 Å². The molecular formula is C22H21N5O2S. The summed E-state index contributed by atoms with van der Waals surface area (Å²) in [5.74, 6) is 0.769. The van der Waals surface area contributed by atoms with Crippen molar-refractivity contribution in [3.8, 4) is 22.1 Å². The van der Waals surface area contributed by atoms with E-state index >= 15 is 0 Å². The topological polar surface area (TPSA) is 84.6 Å². The number of rotatable bonds is 6. The largest absolute Gasteiger partial charge is 0.494 e. The first kappa shape index (κ1) is 19.8. The van der Waals surface area contributed by atoms with Gasteiger partial charge in [0.1, 0.15) is 5.75 Å². The molecule has 7 nitrogen and oxygen atoms in total. The molecule has 0 atom stereocenters. The van der Waals surface area contributed by atoms with Gasteiger partial charge in [0.05, 0.1) is 23.7 Å². The first-order valence-electron chi connectivity index (χ1n) is 9.56. The number of aryl methyl sites for hydroxylation is 2. The number of H-pyrrole nitrogens is 1. The molecule has 2 heterocycles. The average Bonchev–Trinajstić information content (AvgIpc) is 3.28. The molecule has 0 spiro atoms. The number of nitrogens with zero attached hydrogens (tertiary/aromatic N) is 4. The number of benzene rings is 2. The first-order chi connectivity index (χ1) is 14.6. The third-order valence-corrected chi connectivity index (χ3v) is 5.43. The van der Waals surface area contributed by atoms with Gasteiger partial charge in [-0.15, -0.1) is 5.11 Å². The Morgan fingerprint density at radius 2 is 1.80 bits per heavy atom. The maximum absolute atomic E-state index is 12.9. The third kappa shape index (κ3) is 3.95. The summed E-state index contributed by atoms with van der Waals surface area (Å²) in [5, 5.41) is 12.0. The molecule has 0 saturated heterocycles. The minimum absolute atomic E-state index is 0.262. The summed E-state index contributed by atoms with van der Waals surface area (Å²) < 4.78 is 6.84. The predicted octanol–water partition coefficient (Wildman–Crippen LogP) is 5.72. The minimum Gasteiger partial charge on any atom is -0.494 e. The van der Waals surface area contributed by atoms with Gasteiger partial charge in [0.25, 0.3) is 0 Å². The Bertz CT molecular complexity index is 1240. The van der Waals surface area contributed by atoms with Crippen LogP contribution in [0.1, 0.15) is 17.5 Å². The van der Waals surface area contributed by atoms with Crippen molar-refractivity contribution in [2.24, 2.45) is 10.2 Å². The molecule has 0 bridgehead atoms. The molecule has 30 heavy (non-hydrogen) atoms. The van der Waals surface area contributed by atoms with Crippen LogP contribution in [0, 0.1) is 13.8 Å². The average molecular weight is 420 g/mol. The zero-order valence-electron chi connectivity index (χ0n) is 16.9. The van der Waals surface area contributed by atoms with Gasteiger partial charge < -0.3 is 4.74 Å². The summed E-state index contributed by atoms with van der Waals surface area (Å²) in [6.45, 7) is 6.32. The summed E-state index contributed by atoms with van der Waals surface area (Å²) in [5.41, 5.74) is 3.13. The Morgan fingerprint density at radius 1 is 1.07 bits per heavy atom. The van der Waals surface area contributed by atoms with Gasteiger partial charge in [0.2, 0.25) is 5.13 Å². The lowest BCUT2D eigenvalue weighted by Crippen LogP contribution is -2.13. The van der Waals surface area contributed by atoms with E-state index in [2.05, 4.69) is 20.3 Å². The summed E-state index contributed by atoms with van der Waals surface area (Å²) in [4.78, 5) is 18.6. The van der Waals surface area contributed by atoms with Crippen LogP contribution in [0.2, 0.25) is 0 Å². The number of ether oxygens (including phenoxy) is 1. The Hall–Kier alpha value is -3.52. The van der Waals surface area contributed by atoms with Crippen LogP contribution in [0.4, 0.5) is 11.4 Å². The van der Waals surface area contributed by atoms with Crippen LogP contribution >= 0.6 is 11.3 Å². The number of thiazole rings is 1. The molecule has 2 aromatic carbocycles. The Morgan fingerprint density at radius 3 is 2.50 bits per heavy atom. The fourth-order valence-corrected chi connectivity index (χ4v) is 3.91. The van der Waals surface area contributed by atoms with Crippen LogP contribution in [-0.2, 0) is 0 Å². The van der Waals surface area contributed by atoms with Crippen LogP contribution in [0.5, 0.6) is 5.75 Å². The van der Waals surface area contributed by atoms with Gasteiger partial charge in [0, 0.05) is 10.4 Å². The van der Waals surface area contributed by atoms with E-state index in [-0.39, 0.29) is 11.2 Å². The van der Waals surface area contributed by atoms with Crippen LogP contribution in [0.25, 0.3) is 16.4 Å². The number of aromatic nitrogens is 3. The van der Waals surface area contributed by atoms with Gasteiger partial charge in [-0.3, -0.25) is 9.89 Å². The summed E-state index contributed by atoms with van der Waals surface area (Å²) in [7, 11) is 0. The van der Waals surface area contributed by atoms with E-state index in [9.17, 15) is 4.79 Å². The van der Waals surface area contributed by atoms with Crippen LogP contribution < -0.4 is 10.3 Å². The fourth-order valence-electron chi connectivity index (χ4n) is 3.02. The van der Waals surface area contributed by atoms with E-state index in [0.717, 1.165) is 21.9 Å². The third-order valence-electron chi connectivity index (χ3n) is 4.48. The van der Waals surface area contributed by atoms with Crippen molar-refractivity contribution in [1.82, 2.24) is 14.8 Å². The quantitative estimate of drug-likeness (QED) is 0.406. The summed E-state index contributed by atoms with van der Waals surface area (Å²) in [6.07, 6.45) is 0. The molecule has 0 aliphatic heterocycles. The van der Waals surface area contributed by atoms with Crippen LogP contribution in [0.3, 0.4) is 0 Å². The molecule has 0 saturated carbocycles. The normalized spacial score (nSPS) is 11.3. The molecule has 0 aliphatic rings. The molecule has 0 aliphatic carbocycles. The molecule has 0 unspecified atom stereocenters. The van der Waals surface area contributed by atoms with Gasteiger partial charge in [-0.2, -0.15) is 9.80 Å². The summed E-state index contributed by atoms with van der Waals surface area (Å²) in [6, 6.07) is 17.2. The smallest absolute Gasteiger partial charge is 0.301 e. The van der Waals surface area contributed by atoms with E-state index in [1.54, 1.807) is 19.1 Å². The van der Waals surface area contributed by atoms with Crippen molar-refractivity contribution in [2.45, 2.75) is 20.8 Å². The Balaban J connectivity index is 1.64. The highest BCUT2D eigenvalue weighted by atomic mass is 32.1. The number of azo groups is 1. The molecule has 4 aromatic rings. The second-order valence-electron chi connectivity index (χ2n) is 6.62. The van der Waals surface area contributed by atoms with Crippen molar-refractivity contribution in [3.63, 3.8) is 0 Å². The van der Waals surface area contributed by atoms with Crippen molar-refractivity contribution >= 4 is 22.7 Å². The number of aromatic amines is 1. The monoisotopic (exact) mass is 419 g/mol. The Labute approximate surface area is 177 Å². The zero-order chi connectivity index (χ0) is 21.1. The highest BCUT2D eigenvalue weighted by Crippen LogP contribution is 2.29. The van der Waals surface area contributed by atoms with Gasteiger partial charge in [-0.25, -0.2) is 4.98 Å². The van der Waals surface area contributed by atoms with Crippen molar-refractivity contribution in [2.75, 3.05) is 6.61 Å². The molecule has 8 heteroatoms. The summed E-state index contributed by atoms with van der Waals surface area (Å²) >= 11 is 1.45. The van der Waals surface area contributed by atoms with Crippen molar-refractivity contribution in [3.05, 3.63) is 75.5 Å². The molecule has 4 rings (SSSR count). The molecule has 0 radical (unpaired) electrons. The van der Waals surface area contributed by atoms with Gasteiger partial charge in [-0.1, -0.05) is 41.7 Å². The second kappa shape index (κ2) is 8.46. The van der Waals surface area contributed by atoms with E-state index in [1.165, 1.54) is 16.0 Å². The first-order valence-corrected chi connectivity index (χ1v) is 10.4. The van der Waals surface area contributed by atoms with Crippen molar-refractivity contribution in [1.29, 1.82) is 0 Å².